The summed E-state index contributed by atoms with van der Waals surface area (Å²) in [6, 6.07) is 11.7. The summed E-state index contributed by atoms with van der Waals surface area (Å²) in [6.45, 7) is 1.84. The first-order valence-corrected chi connectivity index (χ1v) is 7.16. The van der Waals surface area contributed by atoms with E-state index in [-0.39, 0.29) is 22.7 Å². The molecule has 0 saturated heterocycles. The Bertz CT molecular complexity index is 811. The Kier molecular flexibility index (Phi) is 3.73. The fourth-order valence-electron chi connectivity index (χ4n) is 2.17. The van der Waals surface area contributed by atoms with Gasteiger partial charge in [0.05, 0.1) is 22.1 Å². The largest absolute Gasteiger partial charge is 0.506 e. The number of imidazole rings is 1. The SMILES string of the molecule is C[C@H](NC(=O)c1ccc(O)c(Cl)c1)c1nc2ccccc2[nH]1. The van der Waals surface area contributed by atoms with Crippen LogP contribution in [0.1, 0.15) is 29.1 Å². The lowest BCUT2D eigenvalue weighted by Gasteiger charge is -2.11. The molecule has 5 nitrogen and oxygen atoms in total. The van der Waals surface area contributed by atoms with Gasteiger partial charge in [0.1, 0.15) is 11.6 Å². The van der Waals surface area contributed by atoms with E-state index in [1.54, 1.807) is 0 Å². The minimum atomic E-state index is -0.285. The van der Waals surface area contributed by atoms with Crippen LogP contribution in [0.4, 0.5) is 0 Å². The van der Waals surface area contributed by atoms with Crippen LogP contribution in [0.2, 0.25) is 5.02 Å². The number of phenolic OH excluding ortho intramolecular Hbond substituents is 1. The quantitative estimate of drug-likeness (QED) is 0.693. The van der Waals surface area contributed by atoms with Crippen molar-refractivity contribution in [2.24, 2.45) is 0 Å². The molecule has 0 spiro atoms. The number of carbonyl (C=O) groups is 1. The number of phenols is 1. The minimum absolute atomic E-state index is 0.0523. The van der Waals surface area contributed by atoms with Crippen molar-refractivity contribution in [1.29, 1.82) is 0 Å². The molecule has 3 rings (SSSR count). The zero-order chi connectivity index (χ0) is 15.7. The van der Waals surface area contributed by atoms with Gasteiger partial charge in [0.15, 0.2) is 0 Å². The molecule has 0 saturated carbocycles. The van der Waals surface area contributed by atoms with Crippen molar-refractivity contribution in [3.8, 4) is 5.75 Å². The Morgan fingerprint density at radius 3 is 2.82 bits per heavy atom. The van der Waals surface area contributed by atoms with E-state index in [9.17, 15) is 9.90 Å². The van der Waals surface area contributed by atoms with E-state index in [0.717, 1.165) is 11.0 Å². The molecule has 112 valence electrons. The van der Waals surface area contributed by atoms with Gasteiger partial charge < -0.3 is 15.4 Å². The number of para-hydroxylation sites is 2. The summed E-state index contributed by atoms with van der Waals surface area (Å²) in [5, 5.41) is 12.4. The summed E-state index contributed by atoms with van der Waals surface area (Å²) in [5.74, 6) is 0.345. The first-order valence-electron chi connectivity index (χ1n) is 6.78. The van der Waals surface area contributed by atoms with Crippen molar-refractivity contribution in [1.82, 2.24) is 15.3 Å². The smallest absolute Gasteiger partial charge is 0.251 e. The highest BCUT2D eigenvalue weighted by molar-refractivity contribution is 6.32. The molecule has 1 heterocycles. The van der Waals surface area contributed by atoms with Gasteiger partial charge in [0.25, 0.3) is 5.91 Å². The van der Waals surface area contributed by atoms with E-state index in [0.29, 0.717) is 11.4 Å². The third-order valence-corrected chi connectivity index (χ3v) is 3.68. The Labute approximate surface area is 132 Å². The molecule has 0 aliphatic rings. The summed E-state index contributed by atoms with van der Waals surface area (Å²) in [5.41, 5.74) is 2.16. The standard InChI is InChI=1S/C16H14ClN3O2/c1-9(15-19-12-4-2-3-5-13(12)20-15)18-16(22)10-6-7-14(21)11(17)8-10/h2-9,21H,1H3,(H,18,22)(H,19,20)/t9-/m0/s1. The predicted molar refractivity (Wildman–Crippen MR) is 85.1 cm³/mol. The molecular formula is C16H14ClN3O2. The third-order valence-electron chi connectivity index (χ3n) is 3.38. The lowest BCUT2D eigenvalue weighted by atomic mass is 10.2. The highest BCUT2D eigenvalue weighted by Gasteiger charge is 2.15. The van der Waals surface area contributed by atoms with Gasteiger partial charge in [-0.05, 0) is 37.3 Å². The monoisotopic (exact) mass is 315 g/mol. The molecule has 3 aromatic rings. The second-order valence-electron chi connectivity index (χ2n) is 5.00. The van der Waals surface area contributed by atoms with Crippen molar-refractivity contribution in [2.75, 3.05) is 0 Å². The maximum atomic E-state index is 12.2. The number of aromatic amines is 1. The van der Waals surface area contributed by atoms with Gasteiger partial charge >= 0.3 is 0 Å². The lowest BCUT2D eigenvalue weighted by molar-refractivity contribution is 0.0938. The highest BCUT2D eigenvalue weighted by Crippen LogP contribution is 2.24. The average molecular weight is 316 g/mol. The molecule has 0 unspecified atom stereocenters. The van der Waals surface area contributed by atoms with Gasteiger partial charge in [0.2, 0.25) is 0 Å². The number of carbonyl (C=O) groups excluding carboxylic acids is 1. The average Bonchev–Trinajstić information content (AvgIpc) is 2.94. The first kappa shape index (κ1) is 14.4. The summed E-state index contributed by atoms with van der Waals surface area (Å²) in [4.78, 5) is 19.8. The number of halogens is 1. The molecule has 6 heteroatoms. The van der Waals surface area contributed by atoms with Crippen molar-refractivity contribution < 1.29 is 9.90 Å². The van der Waals surface area contributed by atoms with Gasteiger partial charge in [-0.1, -0.05) is 23.7 Å². The number of hydrogen-bond donors (Lipinski definition) is 3. The summed E-state index contributed by atoms with van der Waals surface area (Å²) < 4.78 is 0. The van der Waals surface area contributed by atoms with Crippen LogP contribution in [-0.4, -0.2) is 21.0 Å². The number of aromatic nitrogens is 2. The number of benzene rings is 2. The molecule has 2 aromatic carbocycles. The van der Waals surface area contributed by atoms with Crippen molar-refractivity contribution >= 4 is 28.5 Å². The maximum absolute atomic E-state index is 12.2. The number of amides is 1. The molecule has 1 aromatic heterocycles. The number of aromatic hydroxyl groups is 1. The lowest BCUT2D eigenvalue weighted by Crippen LogP contribution is -2.27. The number of nitrogens with one attached hydrogen (secondary N) is 2. The van der Waals surface area contributed by atoms with E-state index in [2.05, 4.69) is 15.3 Å². The van der Waals surface area contributed by atoms with E-state index in [1.165, 1.54) is 18.2 Å². The maximum Gasteiger partial charge on any atom is 0.251 e. The van der Waals surface area contributed by atoms with Crippen LogP contribution in [0.15, 0.2) is 42.5 Å². The van der Waals surface area contributed by atoms with Crippen LogP contribution >= 0.6 is 11.6 Å². The molecule has 0 aliphatic heterocycles. The topological polar surface area (TPSA) is 78.0 Å². The Morgan fingerprint density at radius 1 is 1.32 bits per heavy atom. The Hall–Kier alpha value is -2.53. The third kappa shape index (κ3) is 2.76. The zero-order valence-corrected chi connectivity index (χ0v) is 12.6. The Balaban J connectivity index is 1.79. The zero-order valence-electron chi connectivity index (χ0n) is 11.8. The molecule has 1 amide bonds. The first-order chi connectivity index (χ1) is 10.5. The number of nitrogens with zero attached hydrogens (tertiary/aromatic N) is 1. The molecule has 0 fully saturated rings. The predicted octanol–water partition coefficient (Wildman–Crippen LogP) is 3.41. The molecule has 22 heavy (non-hydrogen) atoms. The summed E-state index contributed by atoms with van der Waals surface area (Å²) in [6.07, 6.45) is 0. The second kappa shape index (κ2) is 5.69. The van der Waals surface area contributed by atoms with Crippen LogP contribution in [0, 0.1) is 0 Å². The summed E-state index contributed by atoms with van der Waals surface area (Å²) >= 11 is 5.82. The Morgan fingerprint density at radius 2 is 2.09 bits per heavy atom. The van der Waals surface area contributed by atoms with E-state index >= 15 is 0 Å². The molecule has 0 radical (unpaired) electrons. The fourth-order valence-corrected chi connectivity index (χ4v) is 2.35. The highest BCUT2D eigenvalue weighted by atomic mass is 35.5. The van der Waals surface area contributed by atoms with Crippen LogP contribution in [0.3, 0.4) is 0 Å². The van der Waals surface area contributed by atoms with E-state index in [1.807, 2.05) is 31.2 Å². The van der Waals surface area contributed by atoms with Gasteiger partial charge in [0, 0.05) is 5.56 Å². The molecule has 1 atom stereocenters. The van der Waals surface area contributed by atoms with Gasteiger partial charge in [-0.15, -0.1) is 0 Å². The van der Waals surface area contributed by atoms with Gasteiger partial charge in [-0.25, -0.2) is 4.98 Å². The van der Waals surface area contributed by atoms with E-state index < -0.39 is 0 Å². The summed E-state index contributed by atoms with van der Waals surface area (Å²) in [7, 11) is 0. The van der Waals surface area contributed by atoms with Crippen molar-refractivity contribution in [3.05, 3.63) is 58.9 Å². The van der Waals surface area contributed by atoms with Crippen LogP contribution in [-0.2, 0) is 0 Å². The normalized spacial score (nSPS) is 12.3. The number of rotatable bonds is 3. The van der Waals surface area contributed by atoms with Crippen molar-refractivity contribution in [3.63, 3.8) is 0 Å². The van der Waals surface area contributed by atoms with Crippen molar-refractivity contribution in [2.45, 2.75) is 13.0 Å². The molecule has 0 bridgehead atoms. The minimum Gasteiger partial charge on any atom is -0.506 e. The van der Waals surface area contributed by atoms with Gasteiger partial charge in [-0.2, -0.15) is 0 Å². The molecule has 0 aliphatic carbocycles. The fraction of sp³-hybridized carbons (Fsp3) is 0.125. The number of fused-ring (bicyclic) bond motifs is 1. The van der Waals surface area contributed by atoms with Crippen LogP contribution in [0.25, 0.3) is 11.0 Å². The molecular weight excluding hydrogens is 302 g/mol. The molecule has 3 N–H and O–H groups in total. The van der Waals surface area contributed by atoms with Crippen LogP contribution in [0.5, 0.6) is 5.75 Å². The number of H-pyrrole nitrogens is 1. The van der Waals surface area contributed by atoms with Gasteiger partial charge in [-0.3, -0.25) is 4.79 Å². The number of hydrogen-bond acceptors (Lipinski definition) is 3. The second-order valence-corrected chi connectivity index (χ2v) is 5.41. The van der Waals surface area contributed by atoms with Crippen LogP contribution < -0.4 is 5.32 Å². The van der Waals surface area contributed by atoms with E-state index in [4.69, 9.17) is 11.6 Å².